The highest BCUT2D eigenvalue weighted by molar-refractivity contribution is 5.75. The summed E-state index contributed by atoms with van der Waals surface area (Å²) in [6.07, 6.45) is 1.51. The smallest absolute Gasteiger partial charge is 0.504 e. The van der Waals surface area contributed by atoms with Crippen LogP contribution in [-0.4, -0.2) is 40.5 Å². The number of nitrogens with zero attached hydrogens (tertiary/aromatic N) is 1. The molecule has 5 rings (SSSR count). The Kier molecular flexibility index (Phi) is 4.06. The van der Waals surface area contributed by atoms with Crippen LogP contribution in [0.4, 0.5) is 10.5 Å². The summed E-state index contributed by atoms with van der Waals surface area (Å²) in [5, 5.41) is 19.4. The van der Waals surface area contributed by atoms with Crippen molar-refractivity contribution in [3.63, 3.8) is 0 Å². The molecule has 2 aliphatic carbocycles. The molecule has 1 aliphatic heterocycles. The first kappa shape index (κ1) is 18.1. The van der Waals surface area contributed by atoms with Gasteiger partial charge in [-0.15, -0.1) is 0 Å². The number of fused-ring (bicyclic) bond motifs is 4. The fraction of sp³-hybridized carbons (Fsp3) is 0.429. The molecule has 8 heteroatoms. The minimum atomic E-state index is -1.63. The average molecular weight is 397 g/mol. The first-order valence-corrected chi connectivity index (χ1v) is 9.96. The Bertz CT molecular complexity index is 1050. The van der Waals surface area contributed by atoms with Gasteiger partial charge >= 0.3 is 6.16 Å². The van der Waals surface area contributed by atoms with Gasteiger partial charge in [-0.3, -0.25) is 4.79 Å². The number of rotatable bonds is 2. The molecule has 1 unspecified atom stereocenters. The van der Waals surface area contributed by atoms with Crippen LogP contribution in [0.2, 0.25) is 0 Å². The molecule has 29 heavy (non-hydrogen) atoms. The molecule has 8 nitrogen and oxygen atoms in total. The van der Waals surface area contributed by atoms with E-state index in [-0.39, 0.29) is 0 Å². The molecule has 2 heterocycles. The zero-order valence-electron chi connectivity index (χ0n) is 15.9. The monoisotopic (exact) mass is 397 g/mol. The van der Waals surface area contributed by atoms with Crippen LogP contribution in [0, 0.1) is 11.8 Å². The summed E-state index contributed by atoms with van der Waals surface area (Å²) >= 11 is 0. The number of aryl methyl sites for hydroxylation is 1. The first-order valence-electron chi connectivity index (χ1n) is 9.96. The van der Waals surface area contributed by atoms with Crippen LogP contribution in [0.5, 0.6) is 11.5 Å². The quantitative estimate of drug-likeness (QED) is 0.571. The molecule has 0 radical (unpaired) electrons. The summed E-state index contributed by atoms with van der Waals surface area (Å²) in [6, 6.07) is 6.53. The molecule has 1 aromatic carbocycles. The number of aromatic amines is 1. The summed E-state index contributed by atoms with van der Waals surface area (Å²) < 4.78 is 4.52. The fourth-order valence-corrected chi connectivity index (χ4v) is 4.89. The van der Waals surface area contributed by atoms with Gasteiger partial charge in [0.15, 0.2) is 5.75 Å². The number of carboxylic acid groups (broad SMARTS) is 1. The van der Waals surface area contributed by atoms with Crippen molar-refractivity contribution in [2.24, 2.45) is 17.6 Å². The molecule has 0 bridgehead atoms. The van der Waals surface area contributed by atoms with E-state index in [1.165, 1.54) is 0 Å². The van der Waals surface area contributed by atoms with Gasteiger partial charge in [-0.25, -0.2) is 4.79 Å². The summed E-state index contributed by atoms with van der Waals surface area (Å²) in [6.45, 7) is 1.96. The lowest BCUT2D eigenvalue weighted by atomic mass is 9.90. The van der Waals surface area contributed by atoms with E-state index in [1.807, 2.05) is 12.1 Å². The molecule has 1 saturated heterocycles. The molecule has 5 N–H and O–H groups in total. The molecule has 1 aromatic heterocycles. The second-order valence-electron chi connectivity index (χ2n) is 8.21. The van der Waals surface area contributed by atoms with Crippen molar-refractivity contribution in [3.8, 4) is 22.8 Å². The molecule has 152 valence electrons. The van der Waals surface area contributed by atoms with Gasteiger partial charge in [0.25, 0.3) is 5.56 Å². The lowest BCUT2D eigenvalue weighted by Crippen LogP contribution is -2.28. The molecule has 1 saturated carbocycles. The van der Waals surface area contributed by atoms with E-state index in [0.29, 0.717) is 35.6 Å². The molecular weight excluding hydrogens is 374 g/mol. The largest absolute Gasteiger partial charge is 0.511 e. The number of carbonyl (C=O) groups is 1. The highest BCUT2D eigenvalue weighted by atomic mass is 16.7. The molecule has 3 atom stereocenters. The number of hydrogen-bond acceptors (Lipinski definition) is 6. The Hall–Kier alpha value is -3.00. The number of aromatic hydroxyl groups is 1. The van der Waals surface area contributed by atoms with Gasteiger partial charge in [0.2, 0.25) is 5.75 Å². The number of pyridine rings is 1. The number of H-pyrrole nitrogens is 1. The molecule has 2 fully saturated rings. The van der Waals surface area contributed by atoms with Crippen molar-refractivity contribution < 1.29 is 19.7 Å². The molecule has 0 spiro atoms. The number of ether oxygens (including phenoxy) is 1. The summed E-state index contributed by atoms with van der Waals surface area (Å²) in [4.78, 5) is 28.4. The van der Waals surface area contributed by atoms with Crippen LogP contribution in [0.25, 0.3) is 11.3 Å². The van der Waals surface area contributed by atoms with E-state index in [2.05, 4.69) is 20.7 Å². The molecule has 0 amide bonds. The van der Waals surface area contributed by atoms with Gasteiger partial charge in [0.05, 0.1) is 5.69 Å². The van der Waals surface area contributed by atoms with E-state index < -0.39 is 23.2 Å². The predicted octanol–water partition coefficient (Wildman–Crippen LogP) is 2.08. The van der Waals surface area contributed by atoms with Crippen molar-refractivity contribution in [3.05, 3.63) is 39.7 Å². The summed E-state index contributed by atoms with van der Waals surface area (Å²) in [5.74, 6) is 0.233. The number of nitrogens with two attached hydrogens (primary N) is 1. The molecule has 3 aliphatic rings. The van der Waals surface area contributed by atoms with Crippen molar-refractivity contribution in [1.82, 2.24) is 4.98 Å². The van der Waals surface area contributed by atoms with Crippen LogP contribution in [0.1, 0.15) is 24.0 Å². The van der Waals surface area contributed by atoms with Gasteiger partial charge in [0.1, 0.15) is 0 Å². The van der Waals surface area contributed by atoms with Gasteiger partial charge in [0, 0.05) is 35.9 Å². The molecular formula is C21H23N3O5. The third-order valence-electron chi connectivity index (χ3n) is 6.54. The number of piperidine rings is 1. The summed E-state index contributed by atoms with van der Waals surface area (Å²) in [5.41, 5.74) is 9.48. The second-order valence-corrected chi connectivity index (χ2v) is 8.21. The van der Waals surface area contributed by atoms with E-state index in [1.54, 1.807) is 0 Å². The first-order chi connectivity index (χ1) is 13.9. The average Bonchev–Trinajstić information content (AvgIpc) is 3.08. The Balaban J connectivity index is 1.56. The highest BCUT2D eigenvalue weighted by Crippen LogP contribution is 2.46. The third-order valence-corrected chi connectivity index (χ3v) is 6.54. The maximum atomic E-state index is 12.4. The second kappa shape index (κ2) is 6.52. The highest BCUT2D eigenvalue weighted by Gasteiger charge is 2.53. The Morgan fingerprint density at radius 3 is 2.66 bits per heavy atom. The zero-order valence-corrected chi connectivity index (χ0v) is 15.9. The number of nitrogens with one attached hydrogen (secondary N) is 1. The van der Waals surface area contributed by atoms with Gasteiger partial charge in [-0.1, -0.05) is 6.07 Å². The third kappa shape index (κ3) is 2.95. The predicted molar refractivity (Wildman–Crippen MR) is 107 cm³/mol. The van der Waals surface area contributed by atoms with E-state index in [0.717, 1.165) is 49.2 Å². The van der Waals surface area contributed by atoms with E-state index in [4.69, 9.17) is 10.8 Å². The standard InChI is InChI=1S/C21H23N3O5/c22-16-14-8-24(9-15(14)16)11-5-6-12-10(7-11)3-1-2-4-13-17(12)23-20(26)19(18(13)25)29-21(27)28/h5-7,14-16H,1-4,8-9,22H2,(H,27,28)(H2,23,25,26)/t14-,15+,16?. The van der Waals surface area contributed by atoms with Gasteiger partial charge < -0.3 is 30.6 Å². The van der Waals surface area contributed by atoms with Crippen LogP contribution in [0.3, 0.4) is 0 Å². The van der Waals surface area contributed by atoms with Crippen LogP contribution >= 0.6 is 0 Å². The zero-order chi connectivity index (χ0) is 20.3. The number of benzene rings is 1. The van der Waals surface area contributed by atoms with Crippen LogP contribution < -0.4 is 20.9 Å². The Labute approximate surface area is 166 Å². The van der Waals surface area contributed by atoms with Crippen molar-refractivity contribution in [2.75, 3.05) is 18.0 Å². The van der Waals surface area contributed by atoms with Crippen molar-refractivity contribution in [2.45, 2.75) is 31.7 Å². The molecule has 2 aromatic rings. The van der Waals surface area contributed by atoms with Crippen molar-refractivity contribution >= 4 is 11.8 Å². The number of hydrogen-bond donors (Lipinski definition) is 4. The Morgan fingerprint density at radius 1 is 1.21 bits per heavy atom. The van der Waals surface area contributed by atoms with Gasteiger partial charge in [-0.05, 0) is 55.2 Å². The van der Waals surface area contributed by atoms with Gasteiger partial charge in [-0.2, -0.15) is 0 Å². The van der Waals surface area contributed by atoms with Crippen LogP contribution in [0.15, 0.2) is 23.0 Å². The maximum absolute atomic E-state index is 12.4. The summed E-state index contributed by atoms with van der Waals surface area (Å²) in [7, 11) is 0. The minimum absolute atomic E-state index is 0.345. The lowest BCUT2D eigenvalue weighted by molar-refractivity contribution is 0.142. The normalized spacial score (nSPS) is 24.7. The maximum Gasteiger partial charge on any atom is 0.511 e. The van der Waals surface area contributed by atoms with Crippen molar-refractivity contribution in [1.29, 1.82) is 0 Å². The minimum Gasteiger partial charge on any atom is -0.504 e. The Morgan fingerprint density at radius 2 is 1.93 bits per heavy atom. The van der Waals surface area contributed by atoms with E-state index in [9.17, 15) is 14.7 Å². The van der Waals surface area contributed by atoms with E-state index >= 15 is 0 Å². The lowest BCUT2D eigenvalue weighted by Gasteiger charge is -2.24. The SMILES string of the molecule is NC1[C@H]2CN(c3ccc4c(c3)CCCCc3c-4[nH]c(=O)c(OC(=O)O)c3O)C[C@@H]12. The van der Waals surface area contributed by atoms with Crippen LogP contribution in [-0.2, 0) is 12.8 Å². The fourth-order valence-electron chi connectivity index (χ4n) is 4.89. The number of aromatic nitrogens is 1. The number of anilines is 1. The topological polar surface area (TPSA) is 129 Å².